The average molecular weight is 235 g/mol. The van der Waals surface area contributed by atoms with Crippen LogP contribution in [0.5, 0.6) is 0 Å². The van der Waals surface area contributed by atoms with E-state index in [2.05, 4.69) is 29.4 Å². The van der Waals surface area contributed by atoms with Crippen LogP contribution in [0.1, 0.15) is 43.5 Å². The summed E-state index contributed by atoms with van der Waals surface area (Å²) >= 11 is 0. The Morgan fingerprint density at radius 2 is 2.35 bits per heavy atom. The van der Waals surface area contributed by atoms with Crippen molar-refractivity contribution in [3.8, 4) is 0 Å². The van der Waals surface area contributed by atoms with E-state index in [1.54, 1.807) is 0 Å². The van der Waals surface area contributed by atoms with Gasteiger partial charge in [0.2, 0.25) is 0 Å². The van der Waals surface area contributed by atoms with Gasteiger partial charge in [-0.1, -0.05) is 20.3 Å². The number of rotatable bonds is 3. The lowest BCUT2D eigenvalue weighted by atomic mass is 9.87. The molecule has 1 unspecified atom stereocenters. The highest BCUT2D eigenvalue weighted by Gasteiger charge is 2.35. The normalized spacial score (nSPS) is 22.4. The monoisotopic (exact) mass is 235 g/mol. The van der Waals surface area contributed by atoms with Crippen LogP contribution in [0.2, 0.25) is 0 Å². The van der Waals surface area contributed by atoms with E-state index in [-0.39, 0.29) is 17.0 Å². The number of hydrogen-bond donors (Lipinski definition) is 2. The largest absolute Gasteiger partial charge is 0.478 e. The zero-order chi connectivity index (χ0) is 12.5. The van der Waals surface area contributed by atoms with Crippen LogP contribution in [-0.2, 0) is 0 Å². The molecule has 0 spiro atoms. The van der Waals surface area contributed by atoms with E-state index >= 15 is 0 Å². The number of aromatic nitrogens is 2. The second-order valence-electron chi connectivity index (χ2n) is 5.18. The molecule has 0 aliphatic heterocycles. The minimum atomic E-state index is -0.974. The Hall–Kier alpha value is -1.65. The highest BCUT2D eigenvalue weighted by Crippen LogP contribution is 2.38. The van der Waals surface area contributed by atoms with E-state index in [1.165, 1.54) is 12.3 Å². The van der Waals surface area contributed by atoms with Crippen molar-refractivity contribution in [2.75, 3.05) is 5.32 Å². The number of nitrogens with zero attached hydrogens (tertiary/aromatic N) is 2. The van der Waals surface area contributed by atoms with Gasteiger partial charge in [0.05, 0.1) is 6.20 Å². The molecule has 0 bridgehead atoms. The predicted octanol–water partition coefficient (Wildman–Crippen LogP) is 2.17. The Bertz CT molecular complexity index is 432. The molecule has 1 heterocycles. The minimum absolute atomic E-state index is 0.174. The fraction of sp³-hybridized carbons (Fsp3) is 0.583. The standard InChI is InChI=1S/C12H17N3O2/c1-12(2)6-3-4-9(12)14-10-8(11(16)17)5-7-13-15-10/h5,7,9H,3-4,6H2,1-2H3,(H,14,15)(H,16,17). The Balaban J connectivity index is 2.21. The van der Waals surface area contributed by atoms with Crippen molar-refractivity contribution in [2.24, 2.45) is 5.41 Å². The fourth-order valence-corrected chi connectivity index (χ4v) is 2.37. The molecule has 0 saturated heterocycles. The number of nitrogens with one attached hydrogen (secondary N) is 1. The van der Waals surface area contributed by atoms with Crippen LogP contribution >= 0.6 is 0 Å². The molecule has 1 atom stereocenters. The molecule has 1 aromatic rings. The van der Waals surface area contributed by atoms with Crippen LogP contribution in [0, 0.1) is 5.41 Å². The molecule has 1 aliphatic rings. The highest BCUT2D eigenvalue weighted by molar-refractivity contribution is 5.92. The number of aromatic carboxylic acids is 1. The van der Waals surface area contributed by atoms with Crippen LogP contribution in [0.3, 0.4) is 0 Å². The van der Waals surface area contributed by atoms with E-state index in [4.69, 9.17) is 5.11 Å². The van der Waals surface area contributed by atoms with Crippen LogP contribution in [0.4, 0.5) is 5.82 Å². The van der Waals surface area contributed by atoms with Crippen molar-refractivity contribution >= 4 is 11.8 Å². The summed E-state index contributed by atoms with van der Waals surface area (Å²) in [5, 5.41) is 19.9. The Labute approximate surface area is 100 Å². The number of carbonyl (C=O) groups is 1. The molecule has 1 saturated carbocycles. The summed E-state index contributed by atoms with van der Waals surface area (Å²) in [6.45, 7) is 4.38. The third kappa shape index (κ3) is 2.38. The first-order valence-corrected chi connectivity index (χ1v) is 5.82. The third-order valence-electron chi connectivity index (χ3n) is 3.52. The van der Waals surface area contributed by atoms with E-state index in [9.17, 15) is 4.79 Å². The first-order valence-electron chi connectivity index (χ1n) is 5.82. The predicted molar refractivity (Wildman–Crippen MR) is 64.0 cm³/mol. The molecule has 5 heteroatoms. The zero-order valence-electron chi connectivity index (χ0n) is 10.1. The molecule has 92 valence electrons. The molecule has 0 aromatic carbocycles. The van der Waals surface area contributed by atoms with Crippen LogP contribution in [-0.4, -0.2) is 27.3 Å². The van der Waals surface area contributed by atoms with Crippen molar-refractivity contribution in [1.29, 1.82) is 0 Å². The first kappa shape index (κ1) is 11.8. The minimum Gasteiger partial charge on any atom is -0.478 e. The number of anilines is 1. The lowest BCUT2D eigenvalue weighted by molar-refractivity contribution is 0.0697. The van der Waals surface area contributed by atoms with E-state index in [1.807, 2.05) is 0 Å². The third-order valence-corrected chi connectivity index (χ3v) is 3.52. The van der Waals surface area contributed by atoms with E-state index in [0.29, 0.717) is 5.82 Å². The van der Waals surface area contributed by atoms with Gasteiger partial charge in [-0.3, -0.25) is 0 Å². The van der Waals surface area contributed by atoms with Gasteiger partial charge in [0.1, 0.15) is 5.56 Å². The smallest absolute Gasteiger partial charge is 0.339 e. The van der Waals surface area contributed by atoms with Crippen LogP contribution in [0.25, 0.3) is 0 Å². The molecule has 0 radical (unpaired) electrons. The molecule has 0 amide bonds. The van der Waals surface area contributed by atoms with Crippen LogP contribution in [0.15, 0.2) is 12.3 Å². The van der Waals surface area contributed by atoms with Gasteiger partial charge in [0, 0.05) is 6.04 Å². The number of hydrogen-bond acceptors (Lipinski definition) is 4. The number of carboxylic acids is 1. The first-order chi connectivity index (χ1) is 8.00. The lowest BCUT2D eigenvalue weighted by Gasteiger charge is -2.28. The maximum Gasteiger partial charge on any atom is 0.339 e. The molecule has 2 rings (SSSR count). The molecule has 1 aliphatic carbocycles. The topological polar surface area (TPSA) is 75.1 Å². The van der Waals surface area contributed by atoms with Gasteiger partial charge in [-0.15, -0.1) is 5.10 Å². The Kier molecular flexibility index (Phi) is 3.00. The summed E-state index contributed by atoms with van der Waals surface area (Å²) in [6, 6.07) is 1.73. The van der Waals surface area contributed by atoms with E-state index in [0.717, 1.165) is 19.3 Å². The van der Waals surface area contributed by atoms with Gasteiger partial charge in [-0.2, -0.15) is 5.10 Å². The molecular formula is C12H17N3O2. The maximum atomic E-state index is 11.0. The van der Waals surface area contributed by atoms with Gasteiger partial charge in [0.25, 0.3) is 0 Å². The van der Waals surface area contributed by atoms with Gasteiger partial charge < -0.3 is 10.4 Å². The Morgan fingerprint density at radius 3 is 2.94 bits per heavy atom. The van der Waals surface area contributed by atoms with Crippen molar-refractivity contribution in [3.05, 3.63) is 17.8 Å². The SMILES string of the molecule is CC1(C)CCCC1Nc1nnccc1C(=O)O. The second-order valence-corrected chi connectivity index (χ2v) is 5.18. The van der Waals surface area contributed by atoms with Gasteiger partial charge in [0.15, 0.2) is 5.82 Å². The van der Waals surface area contributed by atoms with Crippen LogP contribution < -0.4 is 5.32 Å². The summed E-state index contributed by atoms with van der Waals surface area (Å²) in [7, 11) is 0. The van der Waals surface area contributed by atoms with Crippen molar-refractivity contribution in [1.82, 2.24) is 10.2 Å². The second kappa shape index (κ2) is 4.31. The van der Waals surface area contributed by atoms with Crippen molar-refractivity contribution in [2.45, 2.75) is 39.2 Å². The van der Waals surface area contributed by atoms with Crippen molar-refractivity contribution in [3.63, 3.8) is 0 Å². The zero-order valence-corrected chi connectivity index (χ0v) is 10.1. The summed E-state index contributed by atoms with van der Waals surface area (Å²) in [6.07, 6.45) is 4.75. The highest BCUT2D eigenvalue weighted by atomic mass is 16.4. The summed E-state index contributed by atoms with van der Waals surface area (Å²) in [4.78, 5) is 11.0. The number of carboxylic acid groups (broad SMARTS) is 1. The molecule has 2 N–H and O–H groups in total. The van der Waals surface area contributed by atoms with Crippen molar-refractivity contribution < 1.29 is 9.90 Å². The molecule has 1 aromatic heterocycles. The van der Waals surface area contributed by atoms with Gasteiger partial charge in [-0.25, -0.2) is 4.79 Å². The molecule has 17 heavy (non-hydrogen) atoms. The Morgan fingerprint density at radius 1 is 1.59 bits per heavy atom. The lowest BCUT2D eigenvalue weighted by Crippen LogP contribution is -2.32. The summed E-state index contributed by atoms with van der Waals surface area (Å²) < 4.78 is 0. The molecular weight excluding hydrogens is 218 g/mol. The quantitative estimate of drug-likeness (QED) is 0.839. The fourth-order valence-electron chi connectivity index (χ4n) is 2.37. The molecule has 1 fully saturated rings. The van der Waals surface area contributed by atoms with E-state index < -0.39 is 5.97 Å². The van der Waals surface area contributed by atoms with Gasteiger partial charge >= 0.3 is 5.97 Å². The maximum absolute atomic E-state index is 11.0. The van der Waals surface area contributed by atoms with Gasteiger partial charge in [-0.05, 0) is 24.3 Å². The summed E-state index contributed by atoms with van der Waals surface area (Å²) in [5.74, 6) is -0.599. The summed E-state index contributed by atoms with van der Waals surface area (Å²) in [5.41, 5.74) is 0.357. The average Bonchev–Trinajstić information content (AvgIpc) is 2.59. The molecule has 5 nitrogen and oxygen atoms in total.